The minimum atomic E-state index is 0.679. The first-order chi connectivity index (χ1) is 8.66. The van der Waals surface area contributed by atoms with Crippen molar-refractivity contribution in [2.24, 2.45) is 0 Å². The molecule has 1 aliphatic rings. The van der Waals surface area contributed by atoms with Gasteiger partial charge in [0.05, 0.1) is 5.69 Å². The summed E-state index contributed by atoms with van der Waals surface area (Å²) in [5.41, 5.74) is 2.38. The number of aromatic nitrogens is 2. The number of nitrogens with one attached hydrogen (secondary N) is 2. The van der Waals surface area contributed by atoms with Crippen molar-refractivity contribution >= 4 is 21.7 Å². The summed E-state index contributed by atoms with van der Waals surface area (Å²) in [7, 11) is 4.18. The Balaban J connectivity index is 2.00. The van der Waals surface area contributed by atoms with Gasteiger partial charge >= 0.3 is 0 Å². The van der Waals surface area contributed by atoms with Crippen LogP contribution in [0.2, 0.25) is 0 Å². The van der Waals surface area contributed by atoms with Crippen molar-refractivity contribution < 1.29 is 0 Å². The Morgan fingerprint density at radius 2 is 2.22 bits per heavy atom. The van der Waals surface area contributed by atoms with E-state index < -0.39 is 0 Å². The third kappa shape index (κ3) is 3.63. The maximum Gasteiger partial charge on any atom is 0.198 e. The predicted octanol–water partition coefficient (Wildman–Crippen LogP) is 1.25. The van der Waals surface area contributed by atoms with Crippen molar-refractivity contribution in [3.8, 4) is 0 Å². The maximum atomic E-state index is 4.45. The van der Waals surface area contributed by atoms with E-state index in [0.717, 1.165) is 50.5 Å². The van der Waals surface area contributed by atoms with Crippen molar-refractivity contribution in [2.45, 2.75) is 19.4 Å². The van der Waals surface area contributed by atoms with Crippen LogP contribution in [0.25, 0.3) is 0 Å². The van der Waals surface area contributed by atoms with Gasteiger partial charge in [-0.25, -0.2) is 9.97 Å². The van der Waals surface area contributed by atoms with Gasteiger partial charge in [0.2, 0.25) is 0 Å². The summed E-state index contributed by atoms with van der Waals surface area (Å²) >= 11 is 3.38. The summed E-state index contributed by atoms with van der Waals surface area (Å²) in [6.45, 7) is 3.88. The molecule has 0 aromatic carbocycles. The molecule has 100 valence electrons. The highest BCUT2D eigenvalue weighted by molar-refractivity contribution is 9.10. The molecule has 0 fully saturated rings. The number of rotatable bonds is 5. The molecule has 0 aliphatic carbocycles. The summed E-state index contributed by atoms with van der Waals surface area (Å²) in [5, 5.41) is 6.79. The van der Waals surface area contributed by atoms with E-state index in [0.29, 0.717) is 4.73 Å². The van der Waals surface area contributed by atoms with Gasteiger partial charge in [-0.3, -0.25) is 0 Å². The highest BCUT2D eigenvalue weighted by Crippen LogP contribution is 2.21. The van der Waals surface area contributed by atoms with Crippen molar-refractivity contribution in [3.05, 3.63) is 16.0 Å². The van der Waals surface area contributed by atoms with Crippen LogP contribution in [0, 0.1) is 0 Å². The highest BCUT2D eigenvalue weighted by Gasteiger charge is 2.16. The molecule has 1 aromatic rings. The molecule has 1 aromatic heterocycles. The fraction of sp³-hybridized carbons (Fsp3) is 0.667. The minimum Gasteiger partial charge on any atom is -0.370 e. The Morgan fingerprint density at radius 3 is 3.00 bits per heavy atom. The Kier molecular flexibility index (Phi) is 4.91. The zero-order valence-corrected chi connectivity index (χ0v) is 12.5. The SMILES string of the molecule is CN(C)CCCNc1nc(Br)nc2c1CNCC2. The lowest BCUT2D eigenvalue weighted by Crippen LogP contribution is -2.27. The van der Waals surface area contributed by atoms with E-state index in [2.05, 4.69) is 55.5 Å². The van der Waals surface area contributed by atoms with E-state index in [1.165, 1.54) is 5.56 Å². The van der Waals surface area contributed by atoms with Gasteiger partial charge in [-0.05, 0) is 43.0 Å². The molecule has 0 bridgehead atoms. The molecular weight excluding hydrogens is 294 g/mol. The Morgan fingerprint density at radius 1 is 1.39 bits per heavy atom. The second-order valence-corrected chi connectivity index (χ2v) is 5.49. The molecule has 2 heterocycles. The average Bonchev–Trinajstić information content (AvgIpc) is 2.34. The van der Waals surface area contributed by atoms with Gasteiger partial charge in [-0.2, -0.15) is 0 Å². The second kappa shape index (κ2) is 6.45. The number of fused-ring (bicyclic) bond motifs is 1. The van der Waals surface area contributed by atoms with E-state index in [1.54, 1.807) is 0 Å². The van der Waals surface area contributed by atoms with Gasteiger partial charge in [-0.15, -0.1) is 0 Å². The molecule has 1 aliphatic heterocycles. The van der Waals surface area contributed by atoms with Gasteiger partial charge in [0.15, 0.2) is 4.73 Å². The standard InChI is InChI=1S/C12H20BrN5/c1-18(2)7-3-5-15-11-9-8-14-6-4-10(9)16-12(13)17-11/h14H,3-8H2,1-2H3,(H,15,16,17). The lowest BCUT2D eigenvalue weighted by atomic mass is 10.1. The first-order valence-corrected chi connectivity index (χ1v) is 7.10. The van der Waals surface area contributed by atoms with Crippen LogP contribution < -0.4 is 10.6 Å². The molecule has 0 amide bonds. The fourth-order valence-electron chi connectivity index (χ4n) is 2.06. The average molecular weight is 314 g/mol. The van der Waals surface area contributed by atoms with E-state index in [9.17, 15) is 0 Å². The van der Waals surface area contributed by atoms with Gasteiger partial charge in [0.1, 0.15) is 5.82 Å². The third-order valence-corrected chi connectivity index (χ3v) is 3.34. The predicted molar refractivity (Wildman–Crippen MR) is 76.8 cm³/mol. The first-order valence-electron chi connectivity index (χ1n) is 6.31. The monoisotopic (exact) mass is 313 g/mol. The normalized spacial score (nSPS) is 14.7. The van der Waals surface area contributed by atoms with Crippen LogP contribution in [0.3, 0.4) is 0 Å². The molecule has 18 heavy (non-hydrogen) atoms. The van der Waals surface area contributed by atoms with E-state index in [1.807, 2.05) is 0 Å². The summed E-state index contributed by atoms with van der Waals surface area (Å²) in [5.74, 6) is 0.970. The van der Waals surface area contributed by atoms with Crippen molar-refractivity contribution in [1.29, 1.82) is 0 Å². The summed E-state index contributed by atoms with van der Waals surface area (Å²) < 4.78 is 0.679. The van der Waals surface area contributed by atoms with Crippen LogP contribution in [0.1, 0.15) is 17.7 Å². The largest absolute Gasteiger partial charge is 0.370 e. The summed E-state index contributed by atoms with van der Waals surface area (Å²) in [4.78, 5) is 11.1. The zero-order valence-electron chi connectivity index (χ0n) is 11.0. The number of hydrogen-bond acceptors (Lipinski definition) is 5. The van der Waals surface area contributed by atoms with Crippen LogP contribution in [-0.4, -0.2) is 48.6 Å². The van der Waals surface area contributed by atoms with Crippen molar-refractivity contribution in [2.75, 3.05) is 39.0 Å². The minimum absolute atomic E-state index is 0.679. The van der Waals surface area contributed by atoms with Crippen LogP contribution >= 0.6 is 15.9 Å². The lowest BCUT2D eigenvalue weighted by Gasteiger charge is -2.20. The molecule has 0 unspecified atom stereocenters. The summed E-state index contributed by atoms with van der Waals surface area (Å²) in [6, 6.07) is 0. The van der Waals surface area contributed by atoms with E-state index in [-0.39, 0.29) is 0 Å². The topological polar surface area (TPSA) is 53.1 Å². The molecule has 0 saturated heterocycles. The zero-order chi connectivity index (χ0) is 13.0. The Labute approximate surface area is 117 Å². The quantitative estimate of drug-likeness (QED) is 0.633. The molecule has 0 spiro atoms. The number of nitrogens with zero attached hydrogens (tertiary/aromatic N) is 3. The van der Waals surface area contributed by atoms with Crippen molar-refractivity contribution in [3.63, 3.8) is 0 Å². The smallest absolute Gasteiger partial charge is 0.198 e. The Bertz CT molecular complexity index is 408. The molecule has 5 nitrogen and oxygen atoms in total. The van der Waals surface area contributed by atoms with Crippen LogP contribution in [0.4, 0.5) is 5.82 Å². The molecule has 2 rings (SSSR count). The first kappa shape index (κ1) is 13.7. The number of hydrogen-bond donors (Lipinski definition) is 2. The molecular formula is C12H20BrN5. The van der Waals surface area contributed by atoms with Gasteiger partial charge in [-0.1, -0.05) is 0 Å². The van der Waals surface area contributed by atoms with Gasteiger partial charge in [0, 0.05) is 31.6 Å². The fourth-order valence-corrected chi connectivity index (χ4v) is 2.45. The van der Waals surface area contributed by atoms with E-state index >= 15 is 0 Å². The second-order valence-electron chi connectivity index (χ2n) is 4.78. The number of anilines is 1. The molecule has 0 atom stereocenters. The van der Waals surface area contributed by atoms with E-state index in [4.69, 9.17) is 0 Å². The third-order valence-electron chi connectivity index (χ3n) is 2.98. The van der Waals surface area contributed by atoms with Gasteiger partial charge < -0.3 is 15.5 Å². The van der Waals surface area contributed by atoms with Crippen LogP contribution in [-0.2, 0) is 13.0 Å². The maximum absolute atomic E-state index is 4.45. The van der Waals surface area contributed by atoms with Crippen molar-refractivity contribution in [1.82, 2.24) is 20.2 Å². The molecule has 0 saturated carbocycles. The van der Waals surface area contributed by atoms with Crippen LogP contribution in [0.15, 0.2) is 4.73 Å². The lowest BCUT2D eigenvalue weighted by molar-refractivity contribution is 0.405. The number of halogens is 1. The summed E-state index contributed by atoms with van der Waals surface area (Å²) in [6.07, 6.45) is 2.08. The highest BCUT2D eigenvalue weighted by atomic mass is 79.9. The molecule has 0 radical (unpaired) electrons. The Hall–Kier alpha value is -0.720. The van der Waals surface area contributed by atoms with Crippen LogP contribution in [0.5, 0.6) is 0 Å². The van der Waals surface area contributed by atoms with Gasteiger partial charge in [0.25, 0.3) is 0 Å². The molecule has 2 N–H and O–H groups in total. The molecule has 6 heteroatoms.